The number of nitriles is 1. The lowest BCUT2D eigenvalue weighted by molar-refractivity contribution is -0.121. The van der Waals surface area contributed by atoms with Gasteiger partial charge in [-0.15, -0.1) is 0 Å². The zero-order valence-electron chi connectivity index (χ0n) is 22.3. The molecular weight excluding hydrogens is 500 g/mol. The second-order valence-corrected chi connectivity index (χ2v) is 10.1. The van der Waals surface area contributed by atoms with E-state index in [1.807, 2.05) is 36.4 Å². The van der Waals surface area contributed by atoms with Crippen molar-refractivity contribution in [3.05, 3.63) is 69.7 Å². The lowest BCUT2D eigenvalue weighted by Crippen LogP contribution is -2.37. The second kappa shape index (κ2) is 14.7. The first-order valence-electron chi connectivity index (χ1n) is 13.4. The van der Waals surface area contributed by atoms with Gasteiger partial charge in [-0.25, -0.2) is 0 Å². The third-order valence-electron chi connectivity index (χ3n) is 7.38. The highest BCUT2D eigenvalue weighted by atomic mass is 35.5. The van der Waals surface area contributed by atoms with Crippen molar-refractivity contribution < 1.29 is 14.4 Å². The fourth-order valence-corrected chi connectivity index (χ4v) is 5.33. The van der Waals surface area contributed by atoms with Crippen molar-refractivity contribution in [2.45, 2.75) is 64.0 Å². The molecule has 1 N–H and O–H groups in total. The van der Waals surface area contributed by atoms with E-state index in [4.69, 9.17) is 11.6 Å². The smallest absolute Gasteiger partial charge is 0.255 e. The van der Waals surface area contributed by atoms with Gasteiger partial charge in [0.05, 0.1) is 18.0 Å². The van der Waals surface area contributed by atoms with Crippen LogP contribution in [0.5, 0.6) is 0 Å². The molecule has 2 atom stereocenters. The average Bonchev–Trinajstić information content (AvgIpc) is 3.27. The van der Waals surface area contributed by atoms with Crippen molar-refractivity contribution in [2.75, 3.05) is 26.7 Å². The number of carbonyl (C=O) groups excluding carboxylic acids is 3. The first kappa shape index (κ1) is 29.3. The number of unbranched alkanes of at least 4 members (excludes halogenated alkanes) is 1. The Morgan fingerprint density at radius 3 is 2.66 bits per heavy atom. The Bertz CT molecular complexity index is 1160. The first-order chi connectivity index (χ1) is 18.4. The molecule has 2 aromatic carbocycles. The molecule has 3 rings (SSSR count). The molecule has 1 aliphatic rings. The average molecular weight is 537 g/mol. The second-order valence-electron chi connectivity index (χ2n) is 9.67. The summed E-state index contributed by atoms with van der Waals surface area (Å²) in [5.74, 6) is -0.509. The van der Waals surface area contributed by atoms with Crippen molar-refractivity contribution in [3.63, 3.8) is 0 Å². The molecule has 0 aliphatic carbocycles. The molecule has 202 valence electrons. The minimum absolute atomic E-state index is 0.140. The van der Waals surface area contributed by atoms with Gasteiger partial charge in [-0.2, -0.15) is 5.26 Å². The summed E-state index contributed by atoms with van der Waals surface area (Å²) < 4.78 is 0. The molecule has 2 aromatic rings. The number of amides is 2. The number of benzene rings is 2. The molecular formula is C30H37ClN4O3. The van der Waals surface area contributed by atoms with Gasteiger partial charge in [0, 0.05) is 30.6 Å². The molecule has 0 bridgehead atoms. The highest BCUT2D eigenvalue weighted by Gasteiger charge is 2.33. The fourth-order valence-electron chi connectivity index (χ4n) is 5.06. The fraction of sp³-hybridized carbons (Fsp3) is 0.467. The standard InChI is InChI=1S/C30H37ClN4O3/c1-3-34(18-16-23(19-32)25-11-4-5-13-28(25)31)17-7-6-9-22-10-8-12-26-27(22)20-35(30(26)38)24(21-36)14-15-29(37)33-2/h4-5,8,10-13,21,23-24H,3,6-7,9,14-18,20H2,1-2H3,(H,33,37)/t23-,24?/m1/s1. The van der Waals surface area contributed by atoms with Crippen LogP contribution in [0.1, 0.15) is 72.0 Å². The Morgan fingerprint density at radius 2 is 1.97 bits per heavy atom. The number of nitrogens with one attached hydrogen (secondary N) is 1. The van der Waals surface area contributed by atoms with Gasteiger partial charge in [-0.3, -0.25) is 9.59 Å². The Labute approximate surface area is 230 Å². The van der Waals surface area contributed by atoms with Crippen LogP contribution in [0.25, 0.3) is 0 Å². The van der Waals surface area contributed by atoms with Crippen LogP contribution in [0, 0.1) is 11.3 Å². The van der Waals surface area contributed by atoms with E-state index in [-0.39, 0.29) is 24.2 Å². The molecule has 1 heterocycles. The predicted octanol–water partition coefficient (Wildman–Crippen LogP) is 4.73. The highest BCUT2D eigenvalue weighted by molar-refractivity contribution is 6.31. The molecule has 0 aromatic heterocycles. The molecule has 0 saturated heterocycles. The van der Waals surface area contributed by atoms with Crippen molar-refractivity contribution in [1.82, 2.24) is 15.1 Å². The summed E-state index contributed by atoms with van der Waals surface area (Å²) in [5.41, 5.74) is 3.68. The zero-order chi connectivity index (χ0) is 27.5. The van der Waals surface area contributed by atoms with E-state index >= 15 is 0 Å². The summed E-state index contributed by atoms with van der Waals surface area (Å²) in [6.07, 6.45) is 4.85. The minimum Gasteiger partial charge on any atom is -0.359 e. The number of aldehydes is 1. The number of hydrogen-bond acceptors (Lipinski definition) is 5. The lowest BCUT2D eigenvalue weighted by Gasteiger charge is -2.23. The molecule has 1 unspecified atom stereocenters. The molecule has 0 saturated carbocycles. The molecule has 8 heteroatoms. The van der Waals surface area contributed by atoms with Gasteiger partial charge in [-0.05, 0) is 80.6 Å². The van der Waals surface area contributed by atoms with Crippen LogP contribution in [0.2, 0.25) is 5.02 Å². The first-order valence-corrected chi connectivity index (χ1v) is 13.7. The lowest BCUT2D eigenvalue weighted by atomic mass is 9.96. The van der Waals surface area contributed by atoms with Gasteiger partial charge in [-0.1, -0.05) is 48.9 Å². The molecule has 0 spiro atoms. The van der Waals surface area contributed by atoms with E-state index in [1.165, 1.54) is 0 Å². The van der Waals surface area contributed by atoms with Crippen molar-refractivity contribution >= 4 is 29.7 Å². The molecule has 1 aliphatic heterocycles. The monoisotopic (exact) mass is 536 g/mol. The van der Waals surface area contributed by atoms with E-state index in [0.717, 1.165) is 68.3 Å². The van der Waals surface area contributed by atoms with Crippen LogP contribution >= 0.6 is 11.6 Å². The van der Waals surface area contributed by atoms with E-state index in [2.05, 4.69) is 29.3 Å². The van der Waals surface area contributed by atoms with Gasteiger partial charge < -0.3 is 19.9 Å². The van der Waals surface area contributed by atoms with E-state index in [9.17, 15) is 19.6 Å². The van der Waals surface area contributed by atoms with Crippen molar-refractivity contribution in [3.8, 4) is 6.07 Å². The van der Waals surface area contributed by atoms with Crippen LogP contribution in [-0.2, 0) is 22.6 Å². The molecule has 0 fully saturated rings. The number of carbonyl (C=O) groups is 3. The number of fused-ring (bicyclic) bond motifs is 1. The van der Waals surface area contributed by atoms with Crippen LogP contribution in [0.15, 0.2) is 42.5 Å². The Kier molecular flexibility index (Phi) is 11.3. The van der Waals surface area contributed by atoms with E-state index in [0.29, 0.717) is 23.6 Å². The summed E-state index contributed by atoms with van der Waals surface area (Å²) >= 11 is 6.30. The molecule has 38 heavy (non-hydrogen) atoms. The number of nitrogens with zero attached hydrogens (tertiary/aromatic N) is 3. The van der Waals surface area contributed by atoms with Crippen LogP contribution in [-0.4, -0.2) is 60.6 Å². The van der Waals surface area contributed by atoms with Gasteiger partial charge in [0.25, 0.3) is 5.91 Å². The third-order valence-corrected chi connectivity index (χ3v) is 7.73. The number of rotatable bonds is 15. The van der Waals surface area contributed by atoms with Crippen molar-refractivity contribution in [2.24, 2.45) is 0 Å². The normalized spacial score (nSPS) is 14.2. The third kappa shape index (κ3) is 7.43. The Hall–Kier alpha value is -3.21. The summed E-state index contributed by atoms with van der Waals surface area (Å²) in [6, 6.07) is 15.1. The minimum atomic E-state index is -0.610. The quantitative estimate of drug-likeness (QED) is 0.262. The van der Waals surface area contributed by atoms with E-state index in [1.54, 1.807) is 11.9 Å². The predicted molar refractivity (Wildman–Crippen MR) is 149 cm³/mol. The topological polar surface area (TPSA) is 93.5 Å². The van der Waals surface area contributed by atoms with Gasteiger partial charge >= 0.3 is 0 Å². The SMILES string of the molecule is CCN(CCCCc1cccc2c1CN(C(C=O)CCC(=O)NC)C2=O)CC[C@H](C#N)c1ccccc1Cl. The van der Waals surface area contributed by atoms with Crippen molar-refractivity contribution in [1.29, 1.82) is 5.26 Å². The number of aryl methyl sites for hydroxylation is 1. The maximum Gasteiger partial charge on any atom is 0.255 e. The molecule has 0 radical (unpaired) electrons. The summed E-state index contributed by atoms with van der Waals surface area (Å²) in [5, 5.41) is 12.9. The largest absolute Gasteiger partial charge is 0.359 e. The maximum atomic E-state index is 13.0. The van der Waals surface area contributed by atoms with Gasteiger partial charge in [0.1, 0.15) is 6.29 Å². The van der Waals surface area contributed by atoms with Crippen LogP contribution in [0.3, 0.4) is 0 Å². The van der Waals surface area contributed by atoms with Gasteiger partial charge in [0.2, 0.25) is 5.91 Å². The van der Waals surface area contributed by atoms with Crippen LogP contribution in [0.4, 0.5) is 0 Å². The Balaban J connectivity index is 1.52. The molecule has 7 nitrogen and oxygen atoms in total. The van der Waals surface area contributed by atoms with Gasteiger partial charge in [0.15, 0.2) is 0 Å². The zero-order valence-corrected chi connectivity index (χ0v) is 23.0. The van der Waals surface area contributed by atoms with E-state index < -0.39 is 6.04 Å². The number of halogens is 1. The maximum absolute atomic E-state index is 13.0. The highest BCUT2D eigenvalue weighted by Crippen LogP contribution is 2.30. The number of hydrogen-bond donors (Lipinski definition) is 1. The summed E-state index contributed by atoms with van der Waals surface area (Å²) in [6.45, 7) is 5.21. The Morgan fingerprint density at radius 1 is 1.18 bits per heavy atom. The summed E-state index contributed by atoms with van der Waals surface area (Å²) in [7, 11) is 1.56. The van der Waals surface area contributed by atoms with Crippen LogP contribution < -0.4 is 5.32 Å². The summed E-state index contributed by atoms with van der Waals surface area (Å²) in [4.78, 5) is 40.3. The molecule has 2 amide bonds.